The molecule has 0 aromatic heterocycles. The number of nitrogens with zero attached hydrogens (tertiary/aromatic N) is 3. The molecule has 61 heavy (non-hydrogen) atoms. The maximum atomic E-state index is 14.6. The number of hydrogen-bond donors (Lipinski definition) is 2. The van der Waals surface area contributed by atoms with E-state index in [2.05, 4.69) is 10.6 Å². The van der Waals surface area contributed by atoms with Crippen LogP contribution in [0.15, 0.2) is 30.3 Å². The molecule has 2 aliphatic heterocycles. The highest BCUT2D eigenvalue weighted by Crippen LogP contribution is 2.43. The fourth-order valence-corrected chi connectivity index (χ4v) is 9.67. The van der Waals surface area contributed by atoms with Crippen LogP contribution in [0.4, 0.5) is 4.79 Å². The number of nitrogens with one attached hydrogen (secondary N) is 2. The number of esters is 1. The minimum absolute atomic E-state index is 0.0178. The Balaban J connectivity index is 1.48. The van der Waals surface area contributed by atoms with E-state index < -0.39 is 71.9 Å². The van der Waals surface area contributed by atoms with Crippen molar-refractivity contribution in [1.29, 1.82) is 0 Å². The lowest BCUT2D eigenvalue weighted by Crippen LogP contribution is -2.61. The third-order valence-electron chi connectivity index (χ3n) is 13.0. The number of hydrogen-bond acceptors (Lipinski definition) is 10. The van der Waals surface area contributed by atoms with Crippen LogP contribution in [0.3, 0.4) is 0 Å². The fraction of sp³-hybridized carbons (Fsp3) is 0.739. The quantitative estimate of drug-likeness (QED) is 0.185. The fourth-order valence-electron chi connectivity index (χ4n) is 9.67. The minimum atomic E-state index is -0.908. The first-order chi connectivity index (χ1) is 28.8. The van der Waals surface area contributed by atoms with E-state index >= 15 is 0 Å². The summed E-state index contributed by atoms with van der Waals surface area (Å²) in [7, 11) is 6.03. The lowest BCUT2D eigenvalue weighted by atomic mass is 9.89. The van der Waals surface area contributed by atoms with Crippen molar-refractivity contribution in [3.63, 3.8) is 0 Å². The summed E-state index contributed by atoms with van der Waals surface area (Å²) in [6.07, 6.45) is 2.68. The van der Waals surface area contributed by atoms with Crippen molar-refractivity contribution in [2.24, 2.45) is 23.7 Å². The molecule has 0 radical (unpaired) electrons. The number of carbonyl (C=O) groups excluding carboxylic acids is 6. The Labute approximate surface area is 363 Å². The van der Waals surface area contributed by atoms with Gasteiger partial charge >= 0.3 is 12.1 Å². The maximum absolute atomic E-state index is 14.6. The van der Waals surface area contributed by atoms with Gasteiger partial charge in [-0.25, -0.2) is 9.59 Å². The van der Waals surface area contributed by atoms with Crippen molar-refractivity contribution >= 4 is 35.7 Å². The lowest BCUT2D eigenvalue weighted by Gasteiger charge is -2.41. The zero-order valence-electron chi connectivity index (χ0n) is 38.6. The van der Waals surface area contributed by atoms with Crippen LogP contribution in [0, 0.1) is 23.7 Å². The molecule has 1 aromatic carbocycles. The molecule has 4 rings (SSSR count). The SMILES string of the molecule is CCC(C)C(C(CC(=O)N1CCC[C@H]1C(OC)C(C)C(=O)NC(Cc1ccccc1)C(=O)OC)OC)N(C)C(=O)C(NC(=O)[C@@H]1[C@H]2CC[C@H](C2)N1C(=O)OC(C)(C)C)C(C)C. The number of likely N-dealkylation sites (tertiary alicyclic amines) is 2. The third kappa shape index (κ3) is 12.0. The predicted octanol–water partition coefficient (Wildman–Crippen LogP) is 4.74. The molecule has 1 saturated carbocycles. The summed E-state index contributed by atoms with van der Waals surface area (Å²) in [5, 5.41) is 5.89. The van der Waals surface area contributed by atoms with Crippen LogP contribution in [-0.4, -0.2) is 139 Å². The molecule has 2 heterocycles. The second-order valence-electron chi connectivity index (χ2n) is 18.7. The smallest absolute Gasteiger partial charge is 0.411 e. The molecule has 2 bridgehead atoms. The Morgan fingerprint density at radius 2 is 1.59 bits per heavy atom. The van der Waals surface area contributed by atoms with E-state index in [0.29, 0.717) is 25.8 Å². The molecular formula is C46H73N5O10. The van der Waals surface area contributed by atoms with Crippen molar-refractivity contribution in [3.8, 4) is 0 Å². The molecule has 1 aromatic rings. The van der Waals surface area contributed by atoms with Crippen molar-refractivity contribution in [2.75, 3.05) is 34.9 Å². The third-order valence-corrected chi connectivity index (χ3v) is 13.0. The standard InChI is InChI=1S/C46H73N5O10/c1-13-28(4)38(49(9)43(55)37(27(2)3)48-42(54)39-31-21-22-32(25-31)51(39)45(57)61-46(6,7)8)35(58-10)26-36(52)50-23-17-20-34(50)40(59-11)29(5)41(53)47-33(44(56)60-12)24-30-18-15-14-16-19-30/h14-16,18-19,27-29,31-35,37-40H,13,17,20-26H2,1-12H3,(H,47,53)(H,48,54)/t28?,29?,31-,32+,33?,34-,35?,37?,38?,39-,40?/m0/s1. The highest BCUT2D eigenvalue weighted by molar-refractivity contribution is 5.92. The minimum Gasteiger partial charge on any atom is -0.467 e. The molecule has 3 aliphatic rings. The Morgan fingerprint density at radius 1 is 0.918 bits per heavy atom. The Hall–Kier alpha value is -4.24. The molecule has 0 spiro atoms. The van der Waals surface area contributed by atoms with E-state index in [9.17, 15) is 28.8 Å². The number of rotatable bonds is 19. The summed E-state index contributed by atoms with van der Waals surface area (Å²) in [5.41, 5.74) is 0.142. The van der Waals surface area contributed by atoms with Crippen LogP contribution < -0.4 is 10.6 Å². The molecule has 1 aliphatic carbocycles. The van der Waals surface area contributed by atoms with Gasteiger partial charge in [-0.15, -0.1) is 0 Å². The van der Waals surface area contributed by atoms with Crippen molar-refractivity contribution in [2.45, 2.75) is 161 Å². The van der Waals surface area contributed by atoms with E-state index in [0.717, 1.165) is 24.8 Å². The van der Waals surface area contributed by atoms with Gasteiger partial charge in [0, 0.05) is 40.3 Å². The van der Waals surface area contributed by atoms with Gasteiger partial charge in [0.05, 0.1) is 43.7 Å². The van der Waals surface area contributed by atoms with Gasteiger partial charge in [0.2, 0.25) is 23.6 Å². The second-order valence-corrected chi connectivity index (χ2v) is 18.7. The average molecular weight is 856 g/mol. The molecular weight excluding hydrogens is 783 g/mol. The first-order valence-corrected chi connectivity index (χ1v) is 22.1. The Bertz CT molecular complexity index is 1670. The summed E-state index contributed by atoms with van der Waals surface area (Å²) >= 11 is 0. The van der Waals surface area contributed by atoms with Crippen LogP contribution in [0.1, 0.15) is 106 Å². The van der Waals surface area contributed by atoms with E-state index in [4.69, 9.17) is 18.9 Å². The molecule has 7 unspecified atom stereocenters. The van der Waals surface area contributed by atoms with Gasteiger partial charge in [0.1, 0.15) is 23.7 Å². The van der Waals surface area contributed by atoms with Crippen LogP contribution >= 0.6 is 0 Å². The van der Waals surface area contributed by atoms with Gasteiger partial charge in [-0.1, -0.05) is 71.4 Å². The molecule has 2 N–H and O–H groups in total. The summed E-state index contributed by atoms with van der Waals surface area (Å²) < 4.78 is 22.7. The summed E-state index contributed by atoms with van der Waals surface area (Å²) in [5.74, 6) is -2.95. The first kappa shape index (κ1) is 49.4. The number of benzene rings is 1. The topological polar surface area (TPSA) is 173 Å². The van der Waals surface area contributed by atoms with Crippen LogP contribution in [0.25, 0.3) is 0 Å². The van der Waals surface area contributed by atoms with E-state index in [-0.39, 0.29) is 54.4 Å². The number of piperidine rings is 1. The van der Waals surface area contributed by atoms with Gasteiger partial charge in [0.25, 0.3) is 0 Å². The van der Waals surface area contributed by atoms with Crippen molar-refractivity contribution < 1.29 is 47.7 Å². The van der Waals surface area contributed by atoms with Crippen LogP contribution in [0.2, 0.25) is 0 Å². The number of fused-ring (bicyclic) bond motifs is 2. The highest BCUT2D eigenvalue weighted by atomic mass is 16.6. The van der Waals surface area contributed by atoms with Gasteiger partial charge < -0.3 is 39.4 Å². The van der Waals surface area contributed by atoms with Crippen molar-refractivity contribution in [1.82, 2.24) is 25.3 Å². The maximum Gasteiger partial charge on any atom is 0.411 e. The number of amides is 5. The van der Waals surface area contributed by atoms with Crippen LogP contribution in [-0.2, 0) is 49.3 Å². The molecule has 15 heteroatoms. The van der Waals surface area contributed by atoms with Gasteiger partial charge in [0.15, 0.2) is 0 Å². The zero-order valence-corrected chi connectivity index (χ0v) is 38.6. The highest BCUT2D eigenvalue weighted by Gasteiger charge is 2.53. The molecule has 11 atom stereocenters. The number of likely N-dealkylation sites (N-methyl/N-ethyl adjacent to an activating group) is 1. The van der Waals surface area contributed by atoms with Crippen molar-refractivity contribution in [3.05, 3.63) is 35.9 Å². The molecule has 2 saturated heterocycles. The number of carbonyl (C=O) groups is 6. The summed E-state index contributed by atoms with van der Waals surface area (Å²) in [4.78, 5) is 87.8. The molecule has 5 amide bonds. The van der Waals surface area contributed by atoms with Gasteiger partial charge in [-0.3, -0.25) is 24.1 Å². The summed E-state index contributed by atoms with van der Waals surface area (Å²) in [6, 6.07) is 5.77. The predicted molar refractivity (Wildman–Crippen MR) is 230 cm³/mol. The number of methoxy groups -OCH3 is 3. The monoisotopic (exact) mass is 856 g/mol. The van der Waals surface area contributed by atoms with Crippen LogP contribution in [0.5, 0.6) is 0 Å². The first-order valence-electron chi connectivity index (χ1n) is 22.1. The Kier molecular flexibility index (Phi) is 17.6. The molecule has 15 nitrogen and oxygen atoms in total. The van der Waals surface area contributed by atoms with E-state index in [1.807, 2.05) is 58.0 Å². The summed E-state index contributed by atoms with van der Waals surface area (Å²) in [6.45, 7) is 15.4. The molecule has 3 fully saturated rings. The van der Waals surface area contributed by atoms with E-state index in [1.54, 1.807) is 49.4 Å². The molecule has 342 valence electrons. The number of ether oxygens (including phenoxy) is 4. The van der Waals surface area contributed by atoms with Gasteiger partial charge in [-0.2, -0.15) is 0 Å². The average Bonchev–Trinajstić information content (AvgIpc) is 3.99. The van der Waals surface area contributed by atoms with E-state index in [1.165, 1.54) is 21.3 Å². The normalized spacial score (nSPS) is 23.4. The zero-order chi connectivity index (χ0) is 45.3. The second kappa shape index (κ2) is 21.7. The lowest BCUT2D eigenvalue weighted by molar-refractivity contribution is -0.149. The largest absolute Gasteiger partial charge is 0.467 e. The van der Waals surface area contributed by atoms with Gasteiger partial charge in [-0.05, 0) is 76.2 Å². The Morgan fingerprint density at radius 3 is 2.16 bits per heavy atom.